The number of rotatable bonds is 3. The number of nitrogens with zero attached hydrogens (tertiary/aromatic N) is 2. The molecule has 0 fully saturated rings. The summed E-state index contributed by atoms with van der Waals surface area (Å²) < 4.78 is 5.45. The SMILES string of the molecule is N#Cc1cccnc1OCc1cccs1. The van der Waals surface area contributed by atoms with Crippen LogP contribution >= 0.6 is 11.3 Å². The molecule has 0 bridgehead atoms. The van der Waals surface area contributed by atoms with Crippen molar-refractivity contribution in [3.05, 3.63) is 46.3 Å². The summed E-state index contributed by atoms with van der Waals surface area (Å²) in [6.07, 6.45) is 1.62. The lowest BCUT2D eigenvalue weighted by atomic mass is 10.3. The van der Waals surface area contributed by atoms with Crippen LogP contribution < -0.4 is 4.74 Å². The summed E-state index contributed by atoms with van der Waals surface area (Å²) in [7, 11) is 0. The second kappa shape index (κ2) is 4.58. The molecule has 2 aromatic rings. The smallest absolute Gasteiger partial charge is 0.231 e. The van der Waals surface area contributed by atoms with Crippen molar-refractivity contribution in [3.8, 4) is 11.9 Å². The van der Waals surface area contributed by atoms with Gasteiger partial charge in [-0.2, -0.15) is 5.26 Å². The van der Waals surface area contributed by atoms with Gasteiger partial charge < -0.3 is 4.74 Å². The monoisotopic (exact) mass is 216 g/mol. The average Bonchev–Trinajstić information content (AvgIpc) is 2.79. The highest BCUT2D eigenvalue weighted by Gasteiger charge is 2.03. The zero-order valence-corrected chi connectivity index (χ0v) is 8.70. The molecule has 0 radical (unpaired) electrons. The van der Waals surface area contributed by atoms with Crippen LogP contribution in [-0.4, -0.2) is 4.98 Å². The van der Waals surface area contributed by atoms with Gasteiger partial charge in [0.1, 0.15) is 18.2 Å². The maximum atomic E-state index is 8.81. The van der Waals surface area contributed by atoms with Crippen molar-refractivity contribution < 1.29 is 4.74 Å². The van der Waals surface area contributed by atoms with E-state index in [0.29, 0.717) is 18.1 Å². The van der Waals surface area contributed by atoms with Crippen LogP contribution in [0.5, 0.6) is 5.88 Å². The standard InChI is InChI=1S/C11H8N2OS/c12-7-9-3-1-5-13-11(9)14-8-10-4-2-6-15-10/h1-6H,8H2. The van der Waals surface area contributed by atoms with Crippen molar-refractivity contribution in [1.29, 1.82) is 5.26 Å². The Morgan fingerprint density at radius 3 is 3.07 bits per heavy atom. The molecule has 74 valence electrons. The molecule has 0 atom stereocenters. The summed E-state index contributed by atoms with van der Waals surface area (Å²) in [5, 5.41) is 10.8. The van der Waals surface area contributed by atoms with Gasteiger partial charge in [0.2, 0.25) is 5.88 Å². The molecule has 3 nitrogen and oxygen atoms in total. The van der Waals surface area contributed by atoms with Crippen LogP contribution in [0.1, 0.15) is 10.4 Å². The fourth-order valence-corrected chi connectivity index (χ4v) is 1.74. The Morgan fingerprint density at radius 2 is 2.33 bits per heavy atom. The minimum absolute atomic E-state index is 0.397. The molecule has 0 aromatic carbocycles. The molecule has 2 rings (SSSR count). The fourth-order valence-electron chi connectivity index (χ4n) is 1.13. The number of hydrogen-bond acceptors (Lipinski definition) is 4. The second-order valence-corrected chi connectivity index (χ2v) is 3.87. The largest absolute Gasteiger partial charge is 0.471 e. The predicted molar refractivity (Wildman–Crippen MR) is 57.6 cm³/mol. The Kier molecular flexibility index (Phi) is 2.96. The molecule has 15 heavy (non-hydrogen) atoms. The molecule has 2 heterocycles. The molecule has 0 aliphatic carbocycles. The molecule has 0 N–H and O–H groups in total. The first-order chi connectivity index (χ1) is 7.40. The fraction of sp³-hybridized carbons (Fsp3) is 0.0909. The van der Waals surface area contributed by atoms with Gasteiger partial charge in [-0.25, -0.2) is 4.98 Å². The van der Waals surface area contributed by atoms with Gasteiger partial charge in [-0.15, -0.1) is 11.3 Å². The third-order valence-corrected chi connectivity index (χ3v) is 2.67. The van der Waals surface area contributed by atoms with E-state index in [2.05, 4.69) is 4.98 Å². The Morgan fingerprint density at radius 1 is 1.40 bits per heavy atom. The number of ether oxygens (including phenoxy) is 1. The van der Waals surface area contributed by atoms with Crippen LogP contribution in [-0.2, 0) is 6.61 Å². The van der Waals surface area contributed by atoms with E-state index in [1.807, 2.05) is 23.6 Å². The zero-order valence-electron chi connectivity index (χ0n) is 7.88. The minimum atomic E-state index is 0.397. The van der Waals surface area contributed by atoms with E-state index in [0.717, 1.165) is 4.88 Å². The van der Waals surface area contributed by atoms with Gasteiger partial charge in [-0.3, -0.25) is 0 Å². The van der Waals surface area contributed by atoms with Crippen LogP contribution in [0.3, 0.4) is 0 Å². The number of nitriles is 1. The normalized spacial score (nSPS) is 9.53. The molecule has 0 saturated heterocycles. The Balaban J connectivity index is 2.08. The van der Waals surface area contributed by atoms with Crippen molar-refractivity contribution in [3.63, 3.8) is 0 Å². The van der Waals surface area contributed by atoms with Crippen LogP contribution in [0.4, 0.5) is 0 Å². The van der Waals surface area contributed by atoms with Gasteiger partial charge in [0.25, 0.3) is 0 Å². The number of thiophene rings is 1. The summed E-state index contributed by atoms with van der Waals surface area (Å²) in [5.41, 5.74) is 0.467. The summed E-state index contributed by atoms with van der Waals surface area (Å²) in [5.74, 6) is 0.397. The molecule has 0 saturated carbocycles. The highest BCUT2D eigenvalue weighted by atomic mass is 32.1. The number of pyridine rings is 1. The Bertz CT molecular complexity index is 474. The highest BCUT2D eigenvalue weighted by molar-refractivity contribution is 7.09. The first-order valence-electron chi connectivity index (χ1n) is 4.40. The van der Waals surface area contributed by atoms with Crippen molar-refractivity contribution in [2.45, 2.75) is 6.61 Å². The lowest BCUT2D eigenvalue weighted by Gasteiger charge is -2.03. The summed E-state index contributed by atoms with van der Waals surface area (Å²) in [4.78, 5) is 5.12. The van der Waals surface area contributed by atoms with Crippen molar-refractivity contribution in [2.75, 3.05) is 0 Å². The predicted octanol–water partition coefficient (Wildman–Crippen LogP) is 2.59. The highest BCUT2D eigenvalue weighted by Crippen LogP contribution is 2.16. The van der Waals surface area contributed by atoms with Crippen LogP contribution in [0.25, 0.3) is 0 Å². The summed E-state index contributed by atoms with van der Waals surface area (Å²) >= 11 is 1.62. The van der Waals surface area contributed by atoms with E-state index in [1.54, 1.807) is 29.7 Å². The number of aromatic nitrogens is 1. The second-order valence-electron chi connectivity index (χ2n) is 2.84. The van der Waals surface area contributed by atoms with Gasteiger partial charge in [-0.1, -0.05) is 6.07 Å². The van der Waals surface area contributed by atoms with Gasteiger partial charge in [-0.05, 0) is 23.6 Å². The first-order valence-corrected chi connectivity index (χ1v) is 5.28. The van der Waals surface area contributed by atoms with Crippen LogP contribution in [0, 0.1) is 11.3 Å². The quantitative estimate of drug-likeness (QED) is 0.792. The van der Waals surface area contributed by atoms with Crippen molar-refractivity contribution in [2.24, 2.45) is 0 Å². The molecule has 4 heteroatoms. The molecule has 0 spiro atoms. The van der Waals surface area contributed by atoms with E-state index >= 15 is 0 Å². The third-order valence-electron chi connectivity index (χ3n) is 1.82. The molecular weight excluding hydrogens is 208 g/mol. The summed E-state index contributed by atoms with van der Waals surface area (Å²) in [6, 6.07) is 9.40. The third kappa shape index (κ3) is 2.33. The van der Waals surface area contributed by atoms with E-state index in [1.165, 1.54) is 0 Å². The average molecular weight is 216 g/mol. The van der Waals surface area contributed by atoms with Gasteiger partial charge in [0, 0.05) is 11.1 Å². The van der Waals surface area contributed by atoms with Gasteiger partial charge in [0.05, 0.1) is 0 Å². The van der Waals surface area contributed by atoms with Crippen LogP contribution in [0.15, 0.2) is 35.8 Å². The van der Waals surface area contributed by atoms with Gasteiger partial charge >= 0.3 is 0 Å². The molecule has 0 aliphatic heterocycles. The molecule has 0 amide bonds. The van der Waals surface area contributed by atoms with Crippen molar-refractivity contribution >= 4 is 11.3 Å². The Labute approximate surface area is 91.6 Å². The lowest BCUT2D eigenvalue weighted by molar-refractivity contribution is 0.296. The van der Waals surface area contributed by atoms with E-state index in [-0.39, 0.29) is 0 Å². The molecule has 0 aliphatic rings. The van der Waals surface area contributed by atoms with Crippen LogP contribution in [0.2, 0.25) is 0 Å². The minimum Gasteiger partial charge on any atom is -0.471 e. The zero-order chi connectivity index (χ0) is 10.5. The Hall–Kier alpha value is -1.86. The number of hydrogen-bond donors (Lipinski definition) is 0. The topological polar surface area (TPSA) is 45.9 Å². The summed E-state index contributed by atoms with van der Waals surface area (Å²) in [6.45, 7) is 0.462. The van der Waals surface area contributed by atoms with E-state index in [4.69, 9.17) is 10.00 Å². The first kappa shape index (κ1) is 9.69. The molecule has 2 aromatic heterocycles. The van der Waals surface area contributed by atoms with Crippen molar-refractivity contribution in [1.82, 2.24) is 4.98 Å². The van der Waals surface area contributed by atoms with E-state index < -0.39 is 0 Å². The molecular formula is C11H8N2OS. The lowest BCUT2D eigenvalue weighted by Crippen LogP contribution is -1.97. The van der Waals surface area contributed by atoms with E-state index in [9.17, 15) is 0 Å². The molecule has 0 unspecified atom stereocenters. The van der Waals surface area contributed by atoms with Gasteiger partial charge in [0.15, 0.2) is 0 Å². The maximum Gasteiger partial charge on any atom is 0.231 e. The maximum absolute atomic E-state index is 8.81.